The molecule has 9 rings (SSSR count). The van der Waals surface area contributed by atoms with Crippen molar-refractivity contribution in [1.29, 1.82) is 0 Å². The highest BCUT2D eigenvalue weighted by molar-refractivity contribution is 7.80. The minimum atomic E-state index is -5.20. The van der Waals surface area contributed by atoms with Crippen LogP contribution in [0, 0.1) is 39.4 Å². The molecule has 10 N–H and O–H groups in total. The molecule has 0 aromatic carbocycles. The highest BCUT2D eigenvalue weighted by atomic mass is 32.3. The number of esters is 2. The quantitative estimate of drug-likeness (QED) is 0.0503. The highest BCUT2D eigenvalue weighted by Gasteiger charge is 2.79. The van der Waals surface area contributed by atoms with Gasteiger partial charge in [-0.25, -0.2) is 4.18 Å². The monoisotopic (exact) mass is 1190 g/mol. The Morgan fingerprint density at radius 3 is 2.01 bits per heavy atom. The van der Waals surface area contributed by atoms with Crippen molar-refractivity contribution >= 4 is 22.3 Å². The Balaban J connectivity index is 0.918. The number of carbonyl (C=O) groups is 2. The van der Waals surface area contributed by atoms with Gasteiger partial charge in [0.25, 0.3) is 0 Å². The summed E-state index contributed by atoms with van der Waals surface area (Å²) in [6.07, 6.45) is -22.9. The van der Waals surface area contributed by atoms with Crippen LogP contribution in [0.25, 0.3) is 0 Å². The molecule has 5 heterocycles. The lowest BCUT2D eigenvalue weighted by Crippen LogP contribution is -2.66. The van der Waals surface area contributed by atoms with Crippen LogP contribution < -0.4 is 0 Å². The van der Waals surface area contributed by atoms with Gasteiger partial charge in [-0.05, 0) is 94.8 Å². The number of allylic oxidation sites excluding steroid dienone is 4. The molecule has 0 amide bonds. The summed E-state index contributed by atoms with van der Waals surface area (Å²) in [5.74, 6) is -1.04. The molecule has 468 valence electrons. The van der Waals surface area contributed by atoms with E-state index >= 15 is 0 Å². The molecule has 0 aromatic rings. The largest absolute Gasteiger partial charge is 0.462 e. The van der Waals surface area contributed by atoms with E-state index in [9.17, 15) is 68.5 Å². The van der Waals surface area contributed by atoms with Gasteiger partial charge in [0.2, 0.25) is 0 Å². The van der Waals surface area contributed by atoms with Gasteiger partial charge < -0.3 is 98.1 Å². The maximum absolute atomic E-state index is 14.7. The Labute approximate surface area is 477 Å². The number of methoxy groups -OCH3 is 1. The number of rotatable bonds is 17. The van der Waals surface area contributed by atoms with E-state index in [0.29, 0.717) is 51.4 Å². The minimum Gasteiger partial charge on any atom is -0.462 e. The van der Waals surface area contributed by atoms with E-state index in [-0.39, 0.29) is 29.1 Å². The normalized spacial score (nSPS) is 49.1. The average molecular weight is 1200 g/mol. The van der Waals surface area contributed by atoms with Crippen LogP contribution in [0.1, 0.15) is 107 Å². The van der Waals surface area contributed by atoms with Crippen molar-refractivity contribution in [2.45, 2.75) is 235 Å². The lowest BCUT2D eigenvalue weighted by molar-refractivity contribution is -0.385. The first-order valence-corrected chi connectivity index (χ1v) is 29.8. The van der Waals surface area contributed by atoms with Crippen molar-refractivity contribution in [2.24, 2.45) is 39.4 Å². The number of fused-ring (bicyclic) bond motifs is 4. The molecule has 3 saturated carbocycles. The highest BCUT2D eigenvalue weighted by Crippen LogP contribution is 2.77. The van der Waals surface area contributed by atoms with E-state index < -0.39 is 187 Å². The third kappa shape index (κ3) is 11.2. The summed E-state index contributed by atoms with van der Waals surface area (Å²) in [4.78, 5) is 27.4. The molecular weight excluding hydrogens is 1110 g/mol. The van der Waals surface area contributed by atoms with Gasteiger partial charge in [0.1, 0.15) is 97.2 Å². The Morgan fingerprint density at radius 1 is 0.732 bits per heavy atom. The molecule has 5 saturated heterocycles. The van der Waals surface area contributed by atoms with Crippen LogP contribution in [0.15, 0.2) is 23.3 Å². The summed E-state index contributed by atoms with van der Waals surface area (Å²) >= 11 is 0. The fraction of sp³-hybridized carbons (Fsp3) is 0.891. The number of carbonyl (C=O) groups excluding carboxylic acids is 2. The number of hydrogen-bond donors (Lipinski definition) is 10. The van der Waals surface area contributed by atoms with Gasteiger partial charge >= 0.3 is 22.3 Å². The molecular formula is C55H86O26S. The molecule has 26 nitrogen and oxygen atoms in total. The second kappa shape index (κ2) is 23.9. The Kier molecular flexibility index (Phi) is 18.7. The summed E-state index contributed by atoms with van der Waals surface area (Å²) < 4.78 is 104. The maximum atomic E-state index is 14.7. The van der Waals surface area contributed by atoms with Crippen LogP contribution in [0.4, 0.5) is 0 Å². The number of aliphatic hydroxyl groups is 9. The van der Waals surface area contributed by atoms with Gasteiger partial charge in [0.15, 0.2) is 25.2 Å². The van der Waals surface area contributed by atoms with Crippen LogP contribution >= 0.6 is 0 Å². The van der Waals surface area contributed by atoms with Crippen LogP contribution in [0.2, 0.25) is 0 Å². The fourth-order valence-electron chi connectivity index (χ4n) is 16.3. The molecule has 27 heteroatoms. The molecule has 0 radical (unpaired) electrons. The van der Waals surface area contributed by atoms with Gasteiger partial charge in [0.05, 0.1) is 43.9 Å². The first kappa shape index (κ1) is 64.1. The fourth-order valence-corrected chi connectivity index (χ4v) is 16.8. The smallest absolute Gasteiger partial charge is 0.397 e. The zero-order valence-electron chi connectivity index (χ0n) is 47.8. The maximum Gasteiger partial charge on any atom is 0.397 e. The van der Waals surface area contributed by atoms with Crippen LogP contribution in [-0.4, -0.2) is 233 Å². The van der Waals surface area contributed by atoms with E-state index in [4.69, 9.17) is 56.3 Å². The van der Waals surface area contributed by atoms with Gasteiger partial charge in [-0.2, -0.15) is 8.42 Å². The molecule has 27 atom stereocenters. The number of aliphatic hydroxyl groups excluding tert-OH is 9. The molecule has 8 fully saturated rings. The number of cyclic esters (lactones) is 1. The van der Waals surface area contributed by atoms with E-state index in [1.165, 1.54) is 19.6 Å². The molecule has 9 aliphatic rings. The SMILES string of the molecule is CO[C@@H]1[C@@H](O)[C@H](O[C@@H]2[C@@H](O)[C@H](O[C@H]3[C@H](O)[C@@H](O)[C@H](O[C@H]4[C@H](O[C@H]5CC[C@]6(C)[C@@H]7CC[C@]89C(=O)O[C@@](C)(CCC=C(C)C)[C@H]8[C@@H](OC(C)=O)C[C@@]9(C)C7=CC[C@H]6C5(C)C)OC[C@@H](OS(=O)(=O)O)[C@@H]4O)O[C@@H]3CO)OC[C@H]2O)O[C@H](CO)[C@H]1O. The summed E-state index contributed by atoms with van der Waals surface area (Å²) in [5, 5.41) is 99.1. The second-order valence-corrected chi connectivity index (χ2v) is 26.7. The van der Waals surface area contributed by atoms with E-state index in [0.717, 1.165) is 5.57 Å². The van der Waals surface area contributed by atoms with Crippen molar-refractivity contribution in [3.8, 4) is 0 Å². The zero-order chi connectivity index (χ0) is 60.0. The van der Waals surface area contributed by atoms with Crippen molar-refractivity contribution in [3.05, 3.63) is 23.3 Å². The number of hydrogen-bond acceptors (Lipinski definition) is 25. The van der Waals surface area contributed by atoms with Gasteiger partial charge in [-0.3, -0.25) is 14.1 Å². The lowest BCUT2D eigenvalue weighted by atomic mass is 9.41. The summed E-state index contributed by atoms with van der Waals surface area (Å²) in [6.45, 7) is 13.2. The van der Waals surface area contributed by atoms with Crippen molar-refractivity contribution < 1.29 is 125 Å². The molecule has 82 heavy (non-hydrogen) atoms. The third-order valence-corrected chi connectivity index (χ3v) is 20.7. The van der Waals surface area contributed by atoms with Gasteiger partial charge in [-0.1, -0.05) is 51.0 Å². The molecule has 4 aliphatic carbocycles. The zero-order valence-corrected chi connectivity index (χ0v) is 48.6. The van der Waals surface area contributed by atoms with Crippen LogP contribution in [0.3, 0.4) is 0 Å². The molecule has 0 unspecified atom stereocenters. The average Bonchev–Trinajstić information content (AvgIpc) is 1.66. The third-order valence-electron chi connectivity index (χ3n) is 20.2. The Morgan fingerprint density at radius 2 is 1.37 bits per heavy atom. The lowest BCUT2D eigenvalue weighted by Gasteiger charge is -2.64. The predicted octanol–water partition coefficient (Wildman–Crippen LogP) is -0.408. The summed E-state index contributed by atoms with van der Waals surface area (Å²) in [6, 6.07) is 0. The molecule has 5 aliphatic heterocycles. The van der Waals surface area contributed by atoms with Crippen molar-refractivity contribution in [3.63, 3.8) is 0 Å². The Bertz CT molecular complexity index is 2470. The first-order chi connectivity index (χ1) is 38.4. The van der Waals surface area contributed by atoms with E-state index in [1.54, 1.807) is 0 Å². The minimum absolute atomic E-state index is 0.0232. The molecule has 0 bridgehead atoms. The van der Waals surface area contributed by atoms with E-state index in [1.807, 2.05) is 20.8 Å². The topological polar surface area (TPSA) is 381 Å². The Hall–Kier alpha value is -2.43. The standard InChI is InChI=1S/C55H86O26S/c1-24(2)11-10-16-54(8)45-29(73-25(3)58)19-53(7)27-12-13-33-51(4,5)34(15-17-52(33,6)26(27)14-18-55(45,53)50(66)80-54)76-49-44(36(61)32(23-72-49)81-82(67,68)69)79-47-38(63)37(62)42(31(21-57)75-47)78-46-39(64)41(28(59)22-71-46)77-48-40(65)43(70-9)35(60)30(20-56)74-48/h11-12,26,28-49,56-57,59-65H,10,13-23H2,1-9H3,(H,67,68,69)/t26-,28-,29+,30-,31-,32-,33+,34+,35-,36+,37-,38-,39-,40-,41+,42-,43+,44-,45-,46+,47+,48+,49+,52-,53+,54+,55-/m1/s1. The predicted molar refractivity (Wildman–Crippen MR) is 277 cm³/mol. The number of ether oxygens (including phenoxy) is 11. The molecule has 0 aromatic heterocycles. The molecule has 1 spiro atoms. The summed E-state index contributed by atoms with van der Waals surface area (Å²) in [7, 11) is -4.00. The second-order valence-electron chi connectivity index (χ2n) is 25.6. The van der Waals surface area contributed by atoms with Crippen LogP contribution in [0.5, 0.6) is 0 Å². The van der Waals surface area contributed by atoms with Gasteiger partial charge in [0, 0.05) is 19.4 Å². The first-order valence-electron chi connectivity index (χ1n) is 28.5. The van der Waals surface area contributed by atoms with Crippen molar-refractivity contribution in [2.75, 3.05) is 33.5 Å². The van der Waals surface area contributed by atoms with E-state index in [2.05, 4.69) is 39.8 Å². The summed E-state index contributed by atoms with van der Waals surface area (Å²) in [5.41, 5.74) is -1.15. The van der Waals surface area contributed by atoms with Crippen LogP contribution in [-0.2, 0) is 76.3 Å². The van der Waals surface area contributed by atoms with Crippen molar-refractivity contribution in [1.82, 2.24) is 0 Å². The van der Waals surface area contributed by atoms with Gasteiger partial charge in [-0.15, -0.1) is 0 Å².